The molecule has 0 unspecified atom stereocenters. The molecular weight excluding hydrogens is 271 g/mol. The van der Waals surface area contributed by atoms with Crippen molar-refractivity contribution in [2.75, 3.05) is 13.9 Å². The summed E-state index contributed by atoms with van der Waals surface area (Å²) in [5.41, 5.74) is 0. The zero-order chi connectivity index (χ0) is 8.97. The van der Waals surface area contributed by atoms with Crippen molar-refractivity contribution in [3.8, 4) is 11.5 Å². The average molecular weight is 280 g/mol. The quantitative estimate of drug-likeness (QED) is 0.679. The van der Waals surface area contributed by atoms with Crippen molar-refractivity contribution in [2.24, 2.45) is 0 Å². The van der Waals surface area contributed by atoms with Crippen LogP contribution < -0.4 is 4.74 Å². The summed E-state index contributed by atoms with van der Waals surface area (Å²) in [6, 6.07) is 5.12. The van der Waals surface area contributed by atoms with Gasteiger partial charge in [-0.05, 0) is 34.7 Å². The molecule has 1 N–H and O–H groups in total. The molecule has 66 valence electrons. The molecule has 0 aliphatic heterocycles. The Balaban J connectivity index is 2.78. The summed E-state index contributed by atoms with van der Waals surface area (Å²) in [6.07, 6.45) is 0. The number of hydrogen-bond donors (Lipinski definition) is 1. The van der Waals surface area contributed by atoms with Crippen molar-refractivity contribution in [1.82, 2.24) is 0 Å². The highest BCUT2D eigenvalue weighted by molar-refractivity contribution is 14.1. The van der Waals surface area contributed by atoms with E-state index in [-0.39, 0.29) is 12.5 Å². The first-order chi connectivity index (χ1) is 5.75. The molecule has 0 aromatic heterocycles. The molecule has 0 amide bonds. The number of methoxy groups -OCH3 is 1. The van der Waals surface area contributed by atoms with Crippen LogP contribution in [0.4, 0.5) is 0 Å². The number of phenols is 1. The molecule has 3 nitrogen and oxygen atoms in total. The number of phenolic OH excluding ortho intramolecular Hbond substituents is 1. The van der Waals surface area contributed by atoms with Crippen molar-refractivity contribution in [3.63, 3.8) is 0 Å². The maximum atomic E-state index is 9.27. The Morgan fingerprint density at radius 3 is 2.92 bits per heavy atom. The third kappa shape index (κ3) is 2.25. The monoisotopic (exact) mass is 280 g/mol. The molecule has 0 aliphatic rings. The van der Waals surface area contributed by atoms with E-state index < -0.39 is 0 Å². The highest BCUT2D eigenvalue weighted by Crippen LogP contribution is 2.28. The molecule has 0 saturated heterocycles. The Morgan fingerprint density at radius 2 is 2.25 bits per heavy atom. The van der Waals surface area contributed by atoms with Crippen molar-refractivity contribution in [1.29, 1.82) is 0 Å². The third-order valence-electron chi connectivity index (χ3n) is 1.28. The largest absolute Gasteiger partial charge is 0.507 e. The molecule has 1 aromatic rings. The first-order valence-corrected chi connectivity index (χ1v) is 4.43. The number of halogens is 1. The van der Waals surface area contributed by atoms with E-state index in [2.05, 4.69) is 0 Å². The molecule has 0 saturated carbocycles. The van der Waals surface area contributed by atoms with E-state index in [0.717, 1.165) is 0 Å². The SMILES string of the molecule is COCOc1cccc(O)c1I. The molecule has 4 heteroatoms. The average Bonchev–Trinajstić information content (AvgIpc) is 2.08. The molecule has 1 rings (SSSR count). The van der Waals surface area contributed by atoms with Crippen molar-refractivity contribution in [3.05, 3.63) is 21.8 Å². The lowest BCUT2D eigenvalue weighted by Crippen LogP contribution is -1.99. The van der Waals surface area contributed by atoms with Crippen LogP contribution in [0.5, 0.6) is 11.5 Å². The van der Waals surface area contributed by atoms with Gasteiger partial charge in [-0.25, -0.2) is 0 Å². The molecule has 1 aromatic carbocycles. The van der Waals surface area contributed by atoms with Gasteiger partial charge in [-0.15, -0.1) is 0 Å². The number of aromatic hydroxyl groups is 1. The summed E-state index contributed by atoms with van der Waals surface area (Å²) in [4.78, 5) is 0. The molecule has 0 radical (unpaired) electrons. The summed E-state index contributed by atoms with van der Waals surface area (Å²) < 4.78 is 10.6. The van der Waals surface area contributed by atoms with Crippen LogP contribution in [0.1, 0.15) is 0 Å². The van der Waals surface area contributed by atoms with Gasteiger partial charge in [-0.2, -0.15) is 0 Å². The maximum Gasteiger partial charge on any atom is 0.188 e. The fourth-order valence-corrected chi connectivity index (χ4v) is 1.25. The highest BCUT2D eigenvalue weighted by Gasteiger charge is 2.03. The van der Waals surface area contributed by atoms with Crippen LogP contribution in [0.25, 0.3) is 0 Å². The van der Waals surface area contributed by atoms with Gasteiger partial charge < -0.3 is 14.6 Å². The Hall–Kier alpha value is -0.490. The van der Waals surface area contributed by atoms with Gasteiger partial charge in [-0.1, -0.05) is 6.07 Å². The van der Waals surface area contributed by atoms with Crippen LogP contribution in [0.2, 0.25) is 0 Å². The number of benzene rings is 1. The minimum atomic E-state index is 0.194. The molecule has 0 aliphatic carbocycles. The lowest BCUT2D eigenvalue weighted by atomic mass is 10.3. The van der Waals surface area contributed by atoms with Gasteiger partial charge in [0.2, 0.25) is 0 Å². The molecule has 0 heterocycles. The van der Waals surface area contributed by atoms with E-state index >= 15 is 0 Å². The van der Waals surface area contributed by atoms with Gasteiger partial charge in [0, 0.05) is 7.11 Å². The van der Waals surface area contributed by atoms with Gasteiger partial charge in [0.1, 0.15) is 11.5 Å². The number of ether oxygens (including phenoxy) is 2. The Morgan fingerprint density at radius 1 is 1.50 bits per heavy atom. The maximum absolute atomic E-state index is 9.27. The van der Waals surface area contributed by atoms with Crippen LogP contribution in [-0.4, -0.2) is 19.0 Å². The third-order valence-corrected chi connectivity index (χ3v) is 2.36. The Labute approximate surface area is 84.4 Å². The van der Waals surface area contributed by atoms with E-state index in [9.17, 15) is 5.11 Å². The predicted molar refractivity (Wildman–Crippen MR) is 53.3 cm³/mol. The minimum absolute atomic E-state index is 0.194. The highest BCUT2D eigenvalue weighted by atomic mass is 127. The summed E-state index contributed by atoms with van der Waals surface area (Å²) in [5, 5.41) is 9.27. The van der Waals surface area contributed by atoms with Crippen LogP contribution in [0, 0.1) is 3.57 Å². The Kier molecular flexibility index (Phi) is 3.61. The first kappa shape index (κ1) is 9.60. The predicted octanol–water partition coefficient (Wildman–Crippen LogP) is 1.98. The zero-order valence-corrected chi connectivity index (χ0v) is 8.74. The van der Waals surface area contributed by atoms with E-state index in [1.54, 1.807) is 25.3 Å². The summed E-state index contributed by atoms with van der Waals surface area (Å²) in [6.45, 7) is 0.194. The molecule has 0 bridgehead atoms. The van der Waals surface area contributed by atoms with Gasteiger partial charge in [0.15, 0.2) is 6.79 Å². The summed E-state index contributed by atoms with van der Waals surface area (Å²) in [5.74, 6) is 0.863. The van der Waals surface area contributed by atoms with Gasteiger partial charge in [0.05, 0.1) is 3.57 Å². The second-order valence-corrected chi connectivity index (χ2v) is 3.22. The lowest BCUT2D eigenvalue weighted by Gasteiger charge is -2.06. The van der Waals surface area contributed by atoms with Gasteiger partial charge >= 0.3 is 0 Å². The Bertz CT molecular complexity index is 262. The zero-order valence-electron chi connectivity index (χ0n) is 6.58. The fraction of sp³-hybridized carbons (Fsp3) is 0.250. The molecular formula is C8H9IO3. The summed E-state index contributed by atoms with van der Waals surface area (Å²) in [7, 11) is 1.55. The van der Waals surface area contributed by atoms with Gasteiger partial charge in [-0.3, -0.25) is 0 Å². The smallest absolute Gasteiger partial charge is 0.188 e. The number of hydrogen-bond acceptors (Lipinski definition) is 3. The molecule has 0 spiro atoms. The molecule has 0 fully saturated rings. The topological polar surface area (TPSA) is 38.7 Å². The second kappa shape index (κ2) is 4.51. The second-order valence-electron chi connectivity index (χ2n) is 2.14. The standard InChI is InChI=1S/C8H9IO3/c1-11-5-12-7-4-2-3-6(10)8(7)9/h2-4,10H,5H2,1H3. The van der Waals surface area contributed by atoms with Crippen molar-refractivity contribution < 1.29 is 14.6 Å². The first-order valence-electron chi connectivity index (χ1n) is 3.35. The van der Waals surface area contributed by atoms with E-state index in [4.69, 9.17) is 9.47 Å². The van der Waals surface area contributed by atoms with E-state index in [1.165, 1.54) is 0 Å². The van der Waals surface area contributed by atoms with E-state index in [1.807, 2.05) is 22.6 Å². The minimum Gasteiger partial charge on any atom is -0.507 e. The lowest BCUT2D eigenvalue weighted by molar-refractivity contribution is 0.0503. The number of rotatable bonds is 3. The van der Waals surface area contributed by atoms with Crippen LogP contribution in [-0.2, 0) is 4.74 Å². The van der Waals surface area contributed by atoms with Crippen molar-refractivity contribution in [2.45, 2.75) is 0 Å². The van der Waals surface area contributed by atoms with Crippen molar-refractivity contribution >= 4 is 22.6 Å². The summed E-state index contributed by atoms with van der Waals surface area (Å²) >= 11 is 2.01. The molecule has 0 atom stereocenters. The molecule has 12 heavy (non-hydrogen) atoms. The fourth-order valence-electron chi connectivity index (χ4n) is 0.733. The van der Waals surface area contributed by atoms with Crippen LogP contribution in [0.3, 0.4) is 0 Å². The van der Waals surface area contributed by atoms with Crippen LogP contribution >= 0.6 is 22.6 Å². The van der Waals surface area contributed by atoms with E-state index in [0.29, 0.717) is 9.32 Å². The van der Waals surface area contributed by atoms with Gasteiger partial charge in [0.25, 0.3) is 0 Å². The normalized spacial score (nSPS) is 9.83. The van der Waals surface area contributed by atoms with Crippen LogP contribution in [0.15, 0.2) is 18.2 Å².